The van der Waals surface area contributed by atoms with Crippen LogP contribution in [0, 0.1) is 0 Å². The smallest absolute Gasteiger partial charge is 0.400 e. The number of halogens is 1. The summed E-state index contributed by atoms with van der Waals surface area (Å²) < 4.78 is 12.2. The average molecular weight is 336 g/mol. The minimum Gasteiger partial charge on any atom is -0.400 e. The highest BCUT2D eigenvalue weighted by Gasteiger charge is 2.52. The lowest BCUT2D eigenvalue weighted by Gasteiger charge is -2.32. The van der Waals surface area contributed by atoms with Crippen molar-refractivity contribution < 1.29 is 14.1 Å². The van der Waals surface area contributed by atoms with Crippen molar-refractivity contribution in [1.29, 1.82) is 0 Å². The average Bonchev–Trinajstić information content (AvgIpc) is 2.69. The van der Waals surface area contributed by atoms with Gasteiger partial charge in [0.05, 0.1) is 16.2 Å². The van der Waals surface area contributed by atoms with Crippen molar-refractivity contribution in [2.24, 2.45) is 0 Å². The first kappa shape index (κ1) is 18.2. The molecule has 1 fully saturated rings. The molecule has 1 N–H and O–H groups in total. The van der Waals surface area contributed by atoms with Gasteiger partial charge in [0.2, 0.25) is 0 Å². The van der Waals surface area contributed by atoms with E-state index in [0.717, 1.165) is 17.3 Å². The Labute approximate surface area is 143 Å². The van der Waals surface area contributed by atoms with Crippen LogP contribution >= 0.6 is 11.6 Å². The van der Waals surface area contributed by atoms with Crippen LogP contribution in [0.4, 0.5) is 0 Å². The summed E-state index contributed by atoms with van der Waals surface area (Å²) in [4.78, 5) is 11.1. The zero-order valence-electron chi connectivity index (χ0n) is 14.3. The Balaban J connectivity index is 2.34. The van der Waals surface area contributed by atoms with Crippen LogP contribution < -0.4 is 5.32 Å². The molecule has 124 valence electrons. The Kier molecular flexibility index (Phi) is 5.36. The fourth-order valence-corrected chi connectivity index (χ4v) is 2.52. The standard InChI is InChI=1S/C17H23BClNO3/c1-16(2)17(3,4)23-18(22-16)14(10-20-5)9-12-6-7-15(19)13(8-12)11-21/h6-9,11,20H,10H2,1-5H3. The lowest BCUT2D eigenvalue weighted by Crippen LogP contribution is -2.41. The molecule has 2 rings (SSSR count). The van der Waals surface area contributed by atoms with Crippen LogP contribution in [0.5, 0.6) is 0 Å². The topological polar surface area (TPSA) is 47.6 Å². The van der Waals surface area contributed by atoms with E-state index in [1.54, 1.807) is 12.1 Å². The summed E-state index contributed by atoms with van der Waals surface area (Å²) in [7, 11) is 1.44. The second-order valence-corrected chi connectivity index (χ2v) is 7.14. The largest absolute Gasteiger partial charge is 0.491 e. The zero-order valence-corrected chi connectivity index (χ0v) is 15.0. The molecular formula is C17H23BClNO3. The Morgan fingerprint density at radius 1 is 1.26 bits per heavy atom. The third kappa shape index (κ3) is 3.86. The lowest BCUT2D eigenvalue weighted by atomic mass is 9.77. The summed E-state index contributed by atoms with van der Waals surface area (Å²) in [6.07, 6.45) is 2.73. The van der Waals surface area contributed by atoms with Gasteiger partial charge in [-0.05, 0) is 57.9 Å². The van der Waals surface area contributed by atoms with Gasteiger partial charge in [-0.15, -0.1) is 0 Å². The highest BCUT2D eigenvalue weighted by molar-refractivity contribution is 6.56. The molecule has 1 aliphatic rings. The molecule has 0 radical (unpaired) electrons. The molecule has 0 aromatic heterocycles. The van der Waals surface area contributed by atoms with E-state index in [1.165, 1.54) is 0 Å². The second-order valence-electron chi connectivity index (χ2n) is 6.74. The lowest BCUT2D eigenvalue weighted by molar-refractivity contribution is 0.00578. The third-order valence-electron chi connectivity index (χ3n) is 4.44. The summed E-state index contributed by atoms with van der Waals surface area (Å²) in [5, 5.41) is 3.58. The van der Waals surface area contributed by atoms with Crippen molar-refractivity contribution in [2.45, 2.75) is 38.9 Å². The van der Waals surface area contributed by atoms with Gasteiger partial charge in [-0.2, -0.15) is 0 Å². The van der Waals surface area contributed by atoms with Gasteiger partial charge in [0.15, 0.2) is 6.29 Å². The fraction of sp³-hybridized carbons (Fsp3) is 0.471. The number of carbonyl (C=O) groups is 1. The molecular weight excluding hydrogens is 312 g/mol. The summed E-state index contributed by atoms with van der Waals surface area (Å²) in [5.41, 5.74) is 1.54. The number of hydrogen-bond acceptors (Lipinski definition) is 4. The molecule has 23 heavy (non-hydrogen) atoms. The first-order valence-electron chi connectivity index (χ1n) is 7.65. The molecule has 0 bridgehead atoms. The van der Waals surface area contributed by atoms with Crippen LogP contribution in [0.2, 0.25) is 5.02 Å². The van der Waals surface area contributed by atoms with Crippen LogP contribution in [-0.2, 0) is 9.31 Å². The molecule has 0 aliphatic carbocycles. The molecule has 1 aromatic carbocycles. The SMILES string of the molecule is CNCC(=Cc1ccc(Cl)c(C=O)c1)B1OC(C)(C)C(C)(C)O1. The minimum absolute atomic E-state index is 0.390. The zero-order chi connectivity index (χ0) is 17.3. The van der Waals surface area contributed by atoms with Crippen LogP contribution in [0.15, 0.2) is 23.7 Å². The summed E-state index contributed by atoms with van der Waals surface area (Å²) in [6, 6.07) is 5.35. The Bertz CT molecular complexity index is 612. The highest BCUT2D eigenvalue weighted by Crippen LogP contribution is 2.38. The van der Waals surface area contributed by atoms with Crippen molar-refractivity contribution in [3.05, 3.63) is 39.8 Å². The van der Waals surface area contributed by atoms with Crippen molar-refractivity contribution in [3.63, 3.8) is 0 Å². The van der Waals surface area contributed by atoms with E-state index in [1.807, 2.05) is 46.9 Å². The Hall–Kier alpha value is -1.14. The number of hydrogen-bond donors (Lipinski definition) is 1. The van der Waals surface area contributed by atoms with Crippen molar-refractivity contribution in [2.75, 3.05) is 13.6 Å². The van der Waals surface area contributed by atoms with Gasteiger partial charge in [0.25, 0.3) is 0 Å². The molecule has 0 unspecified atom stereocenters. The third-order valence-corrected chi connectivity index (χ3v) is 4.78. The van der Waals surface area contributed by atoms with Crippen LogP contribution in [-0.4, -0.2) is 38.2 Å². The molecule has 0 saturated carbocycles. The van der Waals surface area contributed by atoms with Crippen molar-refractivity contribution in [1.82, 2.24) is 5.32 Å². The van der Waals surface area contributed by atoms with Crippen LogP contribution in [0.1, 0.15) is 43.6 Å². The molecule has 0 amide bonds. The van der Waals surface area contributed by atoms with E-state index < -0.39 is 18.3 Å². The van der Waals surface area contributed by atoms with Crippen LogP contribution in [0.25, 0.3) is 6.08 Å². The molecule has 4 nitrogen and oxygen atoms in total. The monoisotopic (exact) mass is 335 g/mol. The summed E-state index contributed by atoms with van der Waals surface area (Å²) in [6.45, 7) is 8.72. The normalized spacial score (nSPS) is 19.9. The van der Waals surface area contributed by atoms with Gasteiger partial charge >= 0.3 is 7.12 Å². The Morgan fingerprint density at radius 2 is 1.87 bits per heavy atom. The van der Waals surface area contributed by atoms with Gasteiger partial charge in [-0.1, -0.05) is 23.7 Å². The first-order valence-corrected chi connectivity index (χ1v) is 8.03. The molecule has 1 aromatic rings. The molecule has 0 spiro atoms. The number of aldehydes is 1. The van der Waals surface area contributed by atoms with Gasteiger partial charge in [0.1, 0.15) is 0 Å². The maximum absolute atomic E-state index is 11.1. The molecule has 1 aliphatic heterocycles. The predicted octanol–water partition coefficient (Wildman–Crippen LogP) is 3.39. The van der Waals surface area contributed by atoms with E-state index in [0.29, 0.717) is 17.1 Å². The van der Waals surface area contributed by atoms with Gasteiger partial charge in [-0.25, -0.2) is 0 Å². The maximum Gasteiger partial charge on any atom is 0.491 e. The summed E-state index contributed by atoms with van der Waals surface area (Å²) >= 11 is 5.98. The summed E-state index contributed by atoms with van der Waals surface area (Å²) in [5.74, 6) is 0. The van der Waals surface area contributed by atoms with Gasteiger partial charge < -0.3 is 14.6 Å². The quantitative estimate of drug-likeness (QED) is 0.662. The highest BCUT2D eigenvalue weighted by atomic mass is 35.5. The number of likely N-dealkylation sites (N-methyl/N-ethyl adjacent to an activating group) is 1. The van der Waals surface area contributed by atoms with E-state index in [-0.39, 0.29) is 0 Å². The predicted molar refractivity (Wildman–Crippen MR) is 94.8 cm³/mol. The molecule has 6 heteroatoms. The van der Waals surface area contributed by atoms with Crippen molar-refractivity contribution >= 4 is 31.1 Å². The molecule has 1 saturated heterocycles. The van der Waals surface area contributed by atoms with Gasteiger partial charge in [-0.3, -0.25) is 4.79 Å². The number of benzene rings is 1. The number of rotatable bonds is 5. The Morgan fingerprint density at radius 3 is 2.39 bits per heavy atom. The van der Waals surface area contributed by atoms with E-state index in [4.69, 9.17) is 20.9 Å². The number of nitrogens with one attached hydrogen (secondary N) is 1. The maximum atomic E-state index is 11.1. The molecule has 1 heterocycles. The van der Waals surface area contributed by atoms with Crippen molar-refractivity contribution in [3.8, 4) is 0 Å². The van der Waals surface area contributed by atoms with Crippen LogP contribution in [0.3, 0.4) is 0 Å². The van der Waals surface area contributed by atoms with Gasteiger partial charge in [0, 0.05) is 12.1 Å². The first-order chi connectivity index (χ1) is 10.7. The second kappa shape index (κ2) is 6.77. The molecule has 0 atom stereocenters. The fourth-order valence-electron chi connectivity index (χ4n) is 2.36. The van der Waals surface area contributed by atoms with E-state index in [9.17, 15) is 4.79 Å². The number of carbonyl (C=O) groups excluding carboxylic acids is 1. The van der Waals surface area contributed by atoms with E-state index >= 15 is 0 Å². The minimum atomic E-state index is -0.428. The van der Waals surface area contributed by atoms with E-state index in [2.05, 4.69) is 5.32 Å².